The van der Waals surface area contributed by atoms with Gasteiger partial charge in [0.25, 0.3) is 0 Å². The van der Waals surface area contributed by atoms with E-state index >= 15 is 0 Å². The molecule has 3 aromatic carbocycles. The molecule has 33 heavy (non-hydrogen) atoms. The van der Waals surface area contributed by atoms with E-state index in [-0.39, 0.29) is 11.9 Å². The number of anilines is 1. The van der Waals surface area contributed by atoms with Crippen LogP contribution in [0, 0.1) is 0 Å². The minimum atomic E-state index is 0.177. The molecule has 0 atom stereocenters. The van der Waals surface area contributed by atoms with Gasteiger partial charge in [-0.1, -0.05) is 55.5 Å². The second-order valence-electron chi connectivity index (χ2n) is 8.48. The molecule has 4 rings (SSSR count). The highest BCUT2D eigenvalue weighted by Crippen LogP contribution is 2.27. The van der Waals surface area contributed by atoms with E-state index < -0.39 is 0 Å². The number of carbonyl (C=O) groups is 1. The summed E-state index contributed by atoms with van der Waals surface area (Å²) in [6.45, 7) is 5.05. The number of amides is 1. The minimum absolute atomic E-state index is 0.177. The third-order valence-electron chi connectivity index (χ3n) is 6.22. The van der Waals surface area contributed by atoms with E-state index in [1.165, 1.54) is 5.56 Å². The molecule has 0 saturated carbocycles. The number of likely N-dealkylation sites (tertiary alicyclic amines) is 1. The lowest BCUT2D eigenvalue weighted by Gasteiger charge is -2.38. The number of carbonyl (C=O) groups excluding carboxylic acids is 1. The summed E-state index contributed by atoms with van der Waals surface area (Å²) in [6.07, 6.45) is 3.57. The van der Waals surface area contributed by atoms with E-state index in [0.717, 1.165) is 56.0 Å². The van der Waals surface area contributed by atoms with Gasteiger partial charge < -0.3 is 9.80 Å². The van der Waals surface area contributed by atoms with E-state index in [4.69, 9.17) is 0 Å². The van der Waals surface area contributed by atoms with Crippen molar-refractivity contribution >= 4 is 23.0 Å². The molecule has 1 aliphatic rings. The molecule has 0 N–H and O–H groups in total. The van der Waals surface area contributed by atoms with Crippen molar-refractivity contribution in [1.82, 2.24) is 4.90 Å². The number of rotatable bonds is 8. The summed E-state index contributed by atoms with van der Waals surface area (Å²) in [4.78, 5) is 17.4. The first kappa shape index (κ1) is 22.9. The Balaban J connectivity index is 1.37. The van der Waals surface area contributed by atoms with Gasteiger partial charge in [-0.3, -0.25) is 4.79 Å². The predicted octanol–water partition coefficient (Wildman–Crippen LogP) is 6.55. The number of hydrogen-bond donors (Lipinski definition) is 0. The lowest BCUT2D eigenvalue weighted by molar-refractivity contribution is -0.119. The van der Waals surface area contributed by atoms with Crippen LogP contribution in [-0.4, -0.2) is 36.5 Å². The Labute approximate surface area is 196 Å². The van der Waals surface area contributed by atoms with Gasteiger partial charge >= 0.3 is 0 Å². The Kier molecular flexibility index (Phi) is 7.99. The Hall–Kier alpha value is -3.31. The van der Waals surface area contributed by atoms with Gasteiger partial charge in [0.1, 0.15) is 0 Å². The highest BCUT2D eigenvalue weighted by atomic mass is 16.2. The molecule has 1 saturated heterocycles. The molecule has 1 amide bonds. The van der Waals surface area contributed by atoms with Gasteiger partial charge in [-0.05, 0) is 61.2 Å². The van der Waals surface area contributed by atoms with Gasteiger partial charge in [-0.25, -0.2) is 0 Å². The first-order chi connectivity index (χ1) is 16.2. The van der Waals surface area contributed by atoms with Gasteiger partial charge in [0.05, 0.1) is 11.4 Å². The van der Waals surface area contributed by atoms with E-state index in [9.17, 15) is 4.79 Å². The van der Waals surface area contributed by atoms with Crippen LogP contribution < -0.4 is 4.90 Å². The first-order valence-electron chi connectivity index (χ1n) is 11.9. The van der Waals surface area contributed by atoms with Crippen LogP contribution >= 0.6 is 0 Å². The number of hydrogen-bond acceptors (Lipinski definition) is 4. The second-order valence-corrected chi connectivity index (χ2v) is 8.48. The number of nitrogens with zero attached hydrogens (tertiary/aromatic N) is 4. The predicted molar refractivity (Wildman–Crippen MR) is 134 cm³/mol. The topological polar surface area (TPSA) is 48.3 Å². The Morgan fingerprint density at radius 2 is 1.42 bits per heavy atom. The molecule has 3 aromatic rings. The molecule has 0 bridgehead atoms. The van der Waals surface area contributed by atoms with Crippen molar-refractivity contribution in [2.75, 3.05) is 24.5 Å². The fraction of sp³-hybridized carbons (Fsp3) is 0.321. The van der Waals surface area contributed by atoms with Gasteiger partial charge in [-0.15, -0.1) is 0 Å². The third-order valence-corrected chi connectivity index (χ3v) is 6.22. The molecule has 0 aromatic heterocycles. The average molecular weight is 441 g/mol. The lowest BCUT2D eigenvalue weighted by atomic mass is 10.0. The maximum absolute atomic E-state index is 12.9. The lowest BCUT2D eigenvalue weighted by Crippen LogP contribution is -2.47. The summed E-state index contributed by atoms with van der Waals surface area (Å²) in [6, 6.07) is 28.4. The van der Waals surface area contributed by atoms with Crippen LogP contribution in [0.4, 0.5) is 17.1 Å². The van der Waals surface area contributed by atoms with Gasteiger partial charge in [0.2, 0.25) is 5.91 Å². The summed E-state index contributed by atoms with van der Waals surface area (Å²) in [5, 5.41) is 8.60. The van der Waals surface area contributed by atoms with Crippen LogP contribution in [0.15, 0.2) is 95.2 Å². The SMILES string of the molecule is CCC(=O)N(c1ccc(N=Nc2ccccc2)cc1)C1CCN(CCc2ccccc2)CC1. The fourth-order valence-corrected chi connectivity index (χ4v) is 4.35. The largest absolute Gasteiger partial charge is 0.309 e. The molecule has 0 radical (unpaired) electrons. The van der Waals surface area contributed by atoms with E-state index in [2.05, 4.69) is 45.5 Å². The standard InChI is InChI=1S/C28H32N4O/c1-2-28(33)32(26-15-13-25(14-16-26)30-29-24-11-7-4-8-12-24)27-18-21-31(22-19-27)20-17-23-9-5-3-6-10-23/h3-16,27H,2,17-22H2,1H3. The zero-order chi connectivity index (χ0) is 22.9. The van der Waals surface area contributed by atoms with Crippen LogP contribution in [-0.2, 0) is 11.2 Å². The van der Waals surface area contributed by atoms with Crippen LogP contribution in [0.2, 0.25) is 0 Å². The zero-order valence-corrected chi connectivity index (χ0v) is 19.3. The number of piperidine rings is 1. The van der Waals surface area contributed by atoms with E-state index in [0.29, 0.717) is 6.42 Å². The maximum Gasteiger partial charge on any atom is 0.226 e. The van der Waals surface area contributed by atoms with Crippen molar-refractivity contribution in [3.8, 4) is 0 Å². The van der Waals surface area contributed by atoms with Crippen molar-refractivity contribution in [2.24, 2.45) is 10.2 Å². The summed E-state index contributed by atoms with van der Waals surface area (Å²) in [5.74, 6) is 0.177. The molecular formula is C28H32N4O. The molecule has 5 heteroatoms. The highest BCUT2D eigenvalue weighted by Gasteiger charge is 2.28. The van der Waals surface area contributed by atoms with Crippen LogP contribution in [0.25, 0.3) is 0 Å². The van der Waals surface area contributed by atoms with Crippen molar-refractivity contribution in [1.29, 1.82) is 0 Å². The quantitative estimate of drug-likeness (QED) is 0.373. The fourth-order valence-electron chi connectivity index (χ4n) is 4.35. The Morgan fingerprint density at radius 1 is 0.848 bits per heavy atom. The Bertz CT molecular complexity index is 1030. The normalized spacial score (nSPS) is 15.1. The molecule has 5 nitrogen and oxygen atoms in total. The monoisotopic (exact) mass is 440 g/mol. The van der Waals surface area contributed by atoms with Crippen molar-refractivity contribution < 1.29 is 4.79 Å². The molecule has 1 heterocycles. The van der Waals surface area contributed by atoms with Crippen molar-refractivity contribution in [3.05, 3.63) is 90.5 Å². The van der Waals surface area contributed by atoms with Gasteiger partial charge in [0.15, 0.2) is 0 Å². The van der Waals surface area contributed by atoms with Gasteiger partial charge in [-0.2, -0.15) is 10.2 Å². The Morgan fingerprint density at radius 3 is 2.03 bits per heavy atom. The molecular weight excluding hydrogens is 408 g/mol. The van der Waals surface area contributed by atoms with Gasteiger partial charge in [0, 0.05) is 37.8 Å². The molecule has 0 spiro atoms. The molecule has 0 aliphatic carbocycles. The second kappa shape index (κ2) is 11.5. The summed E-state index contributed by atoms with van der Waals surface area (Å²) >= 11 is 0. The van der Waals surface area contributed by atoms with Crippen molar-refractivity contribution in [3.63, 3.8) is 0 Å². The number of benzene rings is 3. The summed E-state index contributed by atoms with van der Waals surface area (Å²) in [5.41, 5.74) is 3.93. The molecule has 1 fully saturated rings. The zero-order valence-electron chi connectivity index (χ0n) is 19.3. The summed E-state index contributed by atoms with van der Waals surface area (Å²) < 4.78 is 0. The molecule has 170 valence electrons. The van der Waals surface area contributed by atoms with E-state index in [1.54, 1.807) is 0 Å². The third kappa shape index (κ3) is 6.36. The molecule has 1 aliphatic heterocycles. The maximum atomic E-state index is 12.9. The van der Waals surface area contributed by atoms with Crippen LogP contribution in [0.1, 0.15) is 31.7 Å². The summed E-state index contributed by atoms with van der Waals surface area (Å²) in [7, 11) is 0. The highest BCUT2D eigenvalue weighted by molar-refractivity contribution is 5.93. The van der Waals surface area contributed by atoms with Crippen molar-refractivity contribution in [2.45, 2.75) is 38.6 Å². The first-order valence-corrected chi connectivity index (χ1v) is 11.9. The van der Waals surface area contributed by atoms with Crippen LogP contribution in [0.5, 0.6) is 0 Å². The number of azo groups is 1. The molecule has 0 unspecified atom stereocenters. The smallest absolute Gasteiger partial charge is 0.226 e. The minimum Gasteiger partial charge on any atom is -0.309 e. The van der Waals surface area contributed by atoms with Crippen LogP contribution in [0.3, 0.4) is 0 Å². The van der Waals surface area contributed by atoms with E-state index in [1.807, 2.05) is 66.4 Å². The average Bonchev–Trinajstić information content (AvgIpc) is 2.89.